The van der Waals surface area contributed by atoms with Gasteiger partial charge in [-0.1, -0.05) is 13.8 Å². The van der Waals surface area contributed by atoms with Gasteiger partial charge in [0.1, 0.15) is 17.1 Å². The van der Waals surface area contributed by atoms with Crippen LogP contribution < -0.4 is 10.5 Å². The molecule has 5 nitrogen and oxygen atoms in total. The van der Waals surface area contributed by atoms with Crippen molar-refractivity contribution >= 4 is 6.21 Å². The first-order chi connectivity index (χ1) is 12.6. The van der Waals surface area contributed by atoms with Gasteiger partial charge in [0.15, 0.2) is 0 Å². The molecule has 4 N–H and O–H groups in total. The molecule has 0 amide bonds. The molecule has 0 aliphatic heterocycles. The molecule has 27 heavy (non-hydrogen) atoms. The molecule has 0 radical (unpaired) electrons. The number of nitrogens with zero attached hydrogens (tertiary/aromatic N) is 1. The quantitative estimate of drug-likeness (QED) is 0.655. The van der Waals surface area contributed by atoms with Gasteiger partial charge in [0.05, 0.1) is 17.5 Å². The number of pyridine rings is 1. The van der Waals surface area contributed by atoms with E-state index in [1.54, 1.807) is 13.8 Å². The molecule has 1 atom stereocenters. The van der Waals surface area contributed by atoms with E-state index >= 15 is 0 Å². The van der Waals surface area contributed by atoms with E-state index < -0.39 is 17.3 Å². The minimum Gasteiger partial charge on any atom is -0.456 e. The maximum absolute atomic E-state index is 12.6. The lowest BCUT2D eigenvalue weighted by atomic mass is 9.80. The molecule has 2 aromatic rings. The number of nitrogens with one attached hydrogen (secondary N) is 1. The van der Waals surface area contributed by atoms with Crippen LogP contribution in [0.4, 0.5) is 13.2 Å². The number of rotatable bonds is 6. The third kappa shape index (κ3) is 4.28. The van der Waals surface area contributed by atoms with Crippen LogP contribution in [0.2, 0.25) is 0 Å². The summed E-state index contributed by atoms with van der Waals surface area (Å²) in [5.41, 5.74) is 3.67. The maximum Gasteiger partial charge on any atom is 0.416 e. The molecule has 0 saturated carbocycles. The van der Waals surface area contributed by atoms with Crippen LogP contribution in [0.15, 0.2) is 54.4 Å². The summed E-state index contributed by atoms with van der Waals surface area (Å²) in [6.07, 6.45) is -0.944. The van der Waals surface area contributed by atoms with Gasteiger partial charge in [0, 0.05) is 18.0 Å². The molecular formula is C19H20F3N3O2. The molecule has 0 spiro atoms. The van der Waals surface area contributed by atoms with Crippen LogP contribution in [0.25, 0.3) is 0 Å². The van der Waals surface area contributed by atoms with E-state index in [4.69, 9.17) is 15.9 Å². The fourth-order valence-electron chi connectivity index (χ4n) is 2.58. The summed E-state index contributed by atoms with van der Waals surface area (Å²) in [6, 6.07) is 7.34. The summed E-state index contributed by atoms with van der Waals surface area (Å²) >= 11 is 0. The number of aromatic nitrogens is 1. The van der Waals surface area contributed by atoms with Crippen molar-refractivity contribution in [1.29, 1.82) is 5.41 Å². The van der Waals surface area contributed by atoms with E-state index in [0.29, 0.717) is 0 Å². The number of hydrogen-bond acceptors (Lipinski definition) is 5. The lowest BCUT2D eigenvalue weighted by Crippen LogP contribution is -2.36. The third-order valence-electron chi connectivity index (χ3n) is 4.15. The second-order valence-corrected chi connectivity index (χ2v) is 6.19. The van der Waals surface area contributed by atoms with Crippen LogP contribution in [0.1, 0.15) is 25.1 Å². The highest BCUT2D eigenvalue weighted by Gasteiger charge is 2.37. The van der Waals surface area contributed by atoms with Gasteiger partial charge in [0.25, 0.3) is 0 Å². The van der Waals surface area contributed by atoms with E-state index in [0.717, 1.165) is 24.5 Å². The summed E-state index contributed by atoms with van der Waals surface area (Å²) in [6.45, 7) is 3.53. The number of ether oxygens (including phenoxy) is 1. The van der Waals surface area contributed by atoms with Crippen molar-refractivity contribution in [2.24, 2.45) is 11.7 Å². The Morgan fingerprint density at radius 1 is 1.15 bits per heavy atom. The minimum absolute atomic E-state index is 0.196. The largest absolute Gasteiger partial charge is 0.456 e. The summed E-state index contributed by atoms with van der Waals surface area (Å²) in [7, 11) is 0. The van der Waals surface area contributed by atoms with Crippen molar-refractivity contribution in [3.8, 4) is 11.5 Å². The summed E-state index contributed by atoms with van der Waals surface area (Å²) in [4.78, 5) is 4.19. The van der Waals surface area contributed by atoms with Crippen LogP contribution in [0, 0.1) is 11.3 Å². The van der Waals surface area contributed by atoms with Crippen LogP contribution in [-0.4, -0.2) is 16.3 Å². The first kappa shape index (κ1) is 20.4. The van der Waals surface area contributed by atoms with E-state index in [2.05, 4.69) is 4.98 Å². The van der Waals surface area contributed by atoms with Gasteiger partial charge in [-0.05, 0) is 42.3 Å². The Balaban J connectivity index is 2.25. The monoisotopic (exact) mass is 379 g/mol. The Morgan fingerprint density at radius 3 is 2.15 bits per heavy atom. The van der Waals surface area contributed by atoms with Crippen LogP contribution in [-0.2, 0) is 11.8 Å². The molecule has 1 aromatic carbocycles. The number of benzene rings is 1. The summed E-state index contributed by atoms with van der Waals surface area (Å²) in [5.74, 6) is 0.194. The van der Waals surface area contributed by atoms with Crippen molar-refractivity contribution in [3.63, 3.8) is 0 Å². The van der Waals surface area contributed by atoms with E-state index in [1.165, 1.54) is 30.5 Å². The predicted molar refractivity (Wildman–Crippen MR) is 95.5 cm³/mol. The van der Waals surface area contributed by atoms with Crippen molar-refractivity contribution in [3.05, 3.63) is 65.6 Å². The third-order valence-corrected chi connectivity index (χ3v) is 4.15. The maximum atomic E-state index is 12.6. The van der Waals surface area contributed by atoms with Gasteiger partial charge < -0.3 is 21.0 Å². The van der Waals surface area contributed by atoms with Gasteiger partial charge >= 0.3 is 6.18 Å². The molecule has 8 heteroatoms. The van der Waals surface area contributed by atoms with Crippen molar-refractivity contribution in [2.45, 2.75) is 25.6 Å². The molecule has 2 rings (SSSR count). The highest BCUT2D eigenvalue weighted by molar-refractivity contribution is 5.79. The topological polar surface area (TPSA) is 92.2 Å². The minimum atomic E-state index is -4.41. The molecule has 144 valence electrons. The van der Waals surface area contributed by atoms with Crippen LogP contribution in [0.3, 0.4) is 0 Å². The molecule has 1 heterocycles. The van der Waals surface area contributed by atoms with Crippen molar-refractivity contribution < 1.29 is 23.0 Å². The molecular weight excluding hydrogens is 359 g/mol. The Labute approximate surface area is 154 Å². The van der Waals surface area contributed by atoms with Crippen molar-refractivity contribution in [2.75, 3.05) is 0 Å². The van der Waals surface area contributed by atoms with Gasteiger partial charge in [-0.2, -0.15) is 13.2 Å². The molecule has 1 unspecified atom stereocenters. The average molecular weight is 379 g/mol. The zero-order chi connectivity index (χ0) is 20.2. The van der Waals surface area contributed by atoms with Gasteiger partial charge in [-0.3, -0.25) is 4.98 Å². The number of halogens is 3. The number of aliphatic hydroxyl groups is 1. The summed E-state index contributed by atoms with van der Waals surface area (Å²) < 4.78 is 43.3. The van der Waals surface area contributed by atoms with Gasteiger partial charge in [-0.25, -0.2) is 0 Å². The summed E-state index contributed by atoms with van der Waals surface area (Å²) in [5, 5.41) is 18.4. The first-order valence-corrected chi connectivity index (χ1v) is 8.09. The van der Waals surface area contributed by atoms with Crippen molar-refractivity contribution in [1.82, 2.24) is 4.98 Å². The second kappa shape index (κ2) is 7.79. The van der Waals surface area contributed by atoms with E-state index in [-0.39, 0.29) is 28.7 Å². The molecule has 0 saturated heterocycles. The fourth-order valence-corrected chi connectivity index (χ4v) is 2.58. The lowest BCUT2D eigenvalue weighted by molar-refractivity contribution is -0.137. The van der Waals surface area contributed by atoms with Crippen LogP contribution in [0.5, 0.6) is 11.5 Å². The standard InChI is InChI=1S/C19H20F3N3O2/c1-12(2)18(26,14(9-23)10-24)17-8-7-16(11-25-17)27-15-5-3-13(4-6-15)19(20,21)22/h3-12,23,26H,24H2,1-2H3/b14-10+,23-9?. The first-order valence-electron chi connectivity index (χ1n) is 8.09. The second-order valence-electron chi connectivity index (χ2n) is 6.19. The molecule has 0 bridgehead atoms. The zero-order valence-electron chi connectivity index (χ0n) is 14.8. The highest BCUT2D eigenvalue weighted by atomic mass is 19.4. The van der Waals surface area contributed by atoms with Gasteiger partial charge in [-0.15, -0.1) is 0 Å². The number of alkyl halides is 3. The average Bonchev–Trinajstić information content (AvgIpc) is 2.62. The number of hydrogen-bond donors (Lipinski definition) is 3. The Bertz CT molecular complexity index is 816. The SMILES string of the molecule is CC(C)C(O)(/C(C=N)=C/N)c1ccc(Oc2ccc(C(F)(F)F)cc2)cn1. The highest BCUT2D eigenvalue weighted by Crippen LogP contribution is 2.36. The normalized spacial score (nSPS) is 14.7. The predicted octanol–water partition coefficient (Wildman–Crippen LogP) is 4.23. The Morgan fingerprint density at radius 2 is 1.74 bits per heavy atom. The van der Waals surface area contributed by atoms with E-state index in [1.807, 2.05) is 0 Å². The molecule has 0 aliphatic rings. The smallest absolute Gasteiger partial charge is 0.416 e. The van der Waals surface area contributed by atoms with Gasteiger partial charge in [0.2, 0.25) is 0 Å². The fraction of sp³-hybridized carbons (Fsp3) is 0.263. The molecule has 1 aromatic heterocycles. The zero-order valence-corrected chi connectivity index (χ0v) is 14.8. The van der Waals surface area contributed by atoms with E-state index in [9.17, 15) is 18.3 Å². The lowest BCUT2D eigenvalue weighted by Gasteiger charge is -2.32. The Hall–Kier alpha value is -2.87. The Kier molecular flexibility index (Phi) is 5.90. The molecule has 0 fully saturated rings. The number of nitrogens with two attached hydrogens (primary N) is 1. The molecule has 0 aliphatic carbocycles. The van der Waals surface area contributed by atoms with Crippen LogP contribution >= 0.6 is 0 Å².